The molecule has 1 fully saturated rings. The maximum atomic E-state index is 12.8. The predicted octanol–water partition coefficient (Wildman–Crippen LogP) is 2.02. The summed E-state index contributed by atoms with van der Waals surface area (Å²) in [5.74, 6) is 0.790. The minimum absolute atomic E-state index is 0.0354. The standard InChI is InChI=1S/C22H28N6O2/c1-22(2,30)14-28-8-6-15(7-9-28)20(29)11-21-23-12-17-5-4-16(10-18(17)24-21)19-13-27(3)26-25-19/h4-5,10,12-13,15,30H,6-9,11,14H2,1-3H3. The highest BCUT2D eigenvalue weighted by Crippen LogP contribution is 2.23. The largest absolute Gasteiger partial charge is 0.389 e. The maximum Gasteiger partial charge on any atom is 0.143 e. The molecular weight excluding hydrogens is 380 g/mol. The van der Waals surface area contributed by atoms with Gasteiger partial charge in [0, 0.05) is 36.7 Å². The maximum absolute atomic E-state index is 12.8. The molecule has 3 heterocycles. The van der Waals surface area contributed by atoms with Crippen molar-refractivity contribution in [1.29, 1.82) is 0 Å². The Morgan fingerprint density at radius 2 is 2.03 bits per heavy atom. The van der Waals surface area contributed by atoms with Crippen LogP contribution >= 0.6 is 0 Å². The fraction of sp³-hybridized carbons (Fsp3) is 0.500. The van der Waals surface area contributed by atoms with E-state index in [4.69, 9.17) is 0 Å². The zero-order valence-corrected chi connectivity index (χ0v) is 17.7. The Hall–Kier alpha value is -2.71. The highest BCUT2D eigenvalue weighted by molar-refractivity contribution is 5.85. The zero-order valence-electron chi connectivity index (χ0n) is 17.7. The summed E-state index contributed by atoms with van der Waals surface area (Å²) in [5, 5.41) is 19.0. The van der Waals surface area contributed by atoms with Gasteiger partial charge in [0.15, 0.2) is 0 Å². The smallest absolute Gasteiger partial charge is 0.143 e. The average Bonchev–Trinajstić information content (AvgIpc) is 3.13. The van der Waals surface area contributed by atoms with Gasteiger partial charge in [0.2, 0.25) is 0 Å². The molecule has 158 valence electrons. The molecule has 0 saturated carbocycles. The van der Waals surface area contributed by atoms with Crippen LogP contribution in [0.3, 0.4) is 0 Å². The topological polar surface area (TPSA) is 97.0 Å². The van der Waals surface area contributed by atoms with Gasteiger partial charge in [-0.3, -0.25) is 9.48 Å². The van der Waals surface area contributed by atoms with Gasteiger partial charge in [-0.05, 0) is 45.8 Å². The highest BCUT2D eigenvalue weighted by atomic mass is 16.3. The highest BCUT2D eigenvalue weighted by Gasteiger charge is 2.28. The number of aliphatic hydroxyl groups is 1. The summed E-state index contributed by atoms with van der Waals surface area (Å²) in [6.07, 6.45) is 5.52. The van der Waals surface area contributed by atoms with E-state index < -0.39 is 5.60 Å². The monoisotopic (exact) mass is 408 g/mol. The second-order valence-electron chi connectivity index (χ2n) is 8.84. The summed E-state index contributed by atoms with van der Waals surface area (Å²) >= 11 is 0. The lowest BCUT2D eigenvalue weighted by atomic mass is 9.90. The molecule has 0 spiro atoms. The lowest BCUT2D eigenvalue weighted by molar-refractivity contribution is -0.123. The molecule has 3 aromatic rings. The van der Waals surface area contributed by atoms with Crippen molar-refractivity contribution in [1.82, 2.24) is 29.9 Å². The molecular formula is C22H28N6O2. The number of ketones is 1. The normalized spacial score (nSPS) is 16.3. The number of aryl methyl sites for hydroxylation is 1. The molecule has 0 aliphatic carbocycles. The summed E-state index contributed by atoms with van der Waals surface area (Å²) in [4.78, 5) is 24.1. The molecule has 8 nitrogen and oxygen atoms in total. The van der Waals surface area contributed by atoms with Gasteiger partial charge in [0.25, 0.3) is 0 Å². The van der Waals surface area contributed by atoms with E-state index in [1.807, 2.05) is 45.3 Å². The summed E-state index contributed by atoms with van der Waals surface area (Å²) < 4.78 is 1.66. The first-order valence-corrected chi connectivity index (χ1v) is 10.4. The number of rotatable bonds is 6. The third kappa shape index (κ3) is 4.88. The number of aromatic nitrogens is 5. The number of hydrogen-bond acceptors (Lipinski definition) is 7. The van der Waals surface area contributed by atoms with Crippen LogP contribution in [0.25, 0.3) is 22.2 Å². The van der Waals surface area contributed by atoms with Crippen LogP contribution in [0.5, 0.6) is 0 Å². The van der Waals surface area contributed by atoms with Gasteiger partial charge in [-0.1, -0.05) is 17.3 Å². The molecule has 1 aromatic carbocycles. The molecule has 1 N–H and O–H groups in total. The number of piperidine rings is 1. The van der Waals surface area contributed by atoms with Gasteiger partial charge in [0.05, 0.1) is 23.7 Å². The number of carbonyl (C=O) groups excluding carboxylic acids is 1. The lowest BCUT2D eigenvalue weighted by Crippen LogP contribution is -2.44. The van der Waals surface area contributed by atoms with E-state index in [2.05, 4.69) is 25.2 Å². The van der Waals surface area contributed by atoms with Crippen LogP contribution in [0.1, 0.15) is 32.5 Å². The van der Waals surface area contributed by atoms with E-state index in [0.717, 1.165) is 48.1 Å². The number of carbonyl (C=O) groups is 1. The molecule has 2 aromatic heterocycles. The zero-order chi connectivity index (χ0) is 21.3. The van der Waals surface area contributed by atoms with Crippen LogP contribution in [0, 0.1) is 5.92 Å². The first kappa shape index (κ1) is 20.6. The number of fused-ring (bicyclic) bond motifs is 1. The van der Waals surface area contributed by atoms with Gasteiger partial charge in [-0.15, -0.1) is 5.10 Å². The molecule has 0 amide bonds. The molecule has 8 heteroatoms. The van der Waals surface area contributed by atoms with E-state index >= 15 is 0 Å². The number of Topliss-reactive ketones (excluding diaryl/α,β-unsaturated/α-hetero) is 1. The van der Waals surface area contributed by atoms with Crippen LogP contribution in [0.2, 0.25) is 0 Å². The lowest BCUT2D eigenvalue weighted by Gasteiger charge is -2.34. The molecule has 0 unspecified atom stereocenters. The summed E-state index contributed by atoms with van der Waals surface area (Å²) in [5.41, 5.74) is 1.81. The Labute approximate surface area is 175 Å². The third-order valence-electron chi connectivity index (χ3n) is 5.52. The van der Waals surface area contributed by atoms with Gasteiger partial charge in [-0.2, -0.15) is 0 Å². The van der Waals surface area contributed by atoms with Crippen LogP contribution in [-0.2, 0) is 18.3 Å². The quantitative estimate of drug-likeness (QED) is 0.666. The molecule has 1 aliphatic rings. The fourth-order valence-electron chi connectivity index (χ4n) is 4.05. The second-order valence-corrected chi connectivity index (χ2v) is 8.84. The molecule has 1 saturated heterocycles. The Bertz CT molecular complexity index is 1050. The SMILES string of the molecule is Cn1cc(-c2ccc3cnc(CC(=O)C4CCN(CC(C)(C)O)CC4)nc3c2)nn1. The van der Waals surface area contributed by atoms with Gasteiger partial charge in [-0.25, -0.2) is 9.97 Å². The Balaban J connectivity index is 1.43. The van der Waals surface area contributed by atoms with E-state index in [1.165, 1.54) is 0 Å². The van der Waals surface area contributed by atoms with E-state index in [1.54, 1.807) is 10.9 Å². The van der Waals surface area contributed by atoms with Crippen molar-refractivity contribution in [2.45, 2.75) is 38.7 Å². The first-order chi connectivity index (χ1) is 14.3. The predicted molar refractivity (Wildman–Crippen MR) is 114 cm³/mol. The Morgan fingerprint density at radius 1 is 1.27 bits per heavy atom. The number of likely N-dealkylation sites (tertiary alicyclic amines) is 1. The van der Waals surface area contributed by atoms with Crippen molar-refractivity contribution in [3.8, 4) is 11.3 Å². The fourth-order valence-corrected chi connectivity index (χ4v) is 4.05. The van der Waals surface area contributed by atoms with Crippen molar-refractivity contribution in [3.63, 3.8) is 0 Å². The van der Waals surface area contributed by atoms with E-state index in [0.29, 0.717) is 12.4 Å². The number of β-amino-alcohol motifs (C(OH)–C–C–N with tert-alkyl or cyclic N) is 1. The van der Waals surface area contributed by atoms with Crippen molar-refractivity contribution < 1.29 is 9.90 Å². The Kier molecular flexibility index (Phi) is 5.62. The molecule has 1 aliphatic heterocycles. The average molecular weight is 409 g/mol. The minimum atomic E-state index is -0.708. The first-order valence-electron chi connectivity index (χ1n) is 10.4. The number of benzene rings is 1. The van der Waals surface area contributed by atoms with Crippen molar-refractivity contribution >= 4 is 16.7 Å². The van der Waals surface area contributed by atoms with Crippen molar-refractivity contribution in [3.05, 3.63) is 36.4 Å². The van der Waals surface area contributed by atoms with Gasteiger partial charge in [0.1, 0.15) is 17.3 Å². The van der Waals surface area contributed by atoms with Crippen molar-refractivity contribution in [2.24, 2.45) is 13.0 Å². The van der Waals surface area contributed by atoms with Gasteiger partial charge >= 0.3 is 0 Å². The van der Waals surface area contributed by atoms with E-state index in [9.17, 15) is 9.90 Å². The summed E-state index contributed by atoms with van der Waals surface area (Å²) in [6, 6.07) is 5.90. The number of hydrogen-bond donors (Lipinski definition) is 1. The van der Waals surface area contributed by atoms with Crippen LogP contribution < -0.4 is 0 Å². The summed E-state index contributed by atoms with van der Waals surface area (Å²) in [7, 11) is 1.83. The van der Waals surface area contributed by atoms with E-state index in [-0.39, 0.29) is 18.1 Å². The van der Waals surface area contributed by atoms with Crippen LogP contribution in [-0.4, -0.2) is 66.0 Å². The van der Waals surface area contributed by atoms with Crippen molar-refractivity contribution in [2.75, 3.05) is 19.6 Å². The third-order valence-corrected chi connectivity index (χ3v) is 5.52. The second kappa shape index (κ2) is 8.20. The molecule has 4 rings (SSSR count). The van der Waals surface area contributed by atoms with Crippen LogP contribution in [0.15, 0.2) is 30.6 Å². The number of nitrogens with zero attached hydrogens (tertiary/aromatic N) is 6. The van der Waals surface area contributed by atoms with Gasteiger partial charge < -0.3 is 10.0 Å². The Morgan fingerprint density at radius 3 is 2.70 bits per heavy atom. The minimum Gasteiger partial charge on any atom is -0.389 e. The molecule has 0 bridgehead atoms. The molecule has 0 atom stereocenters. The molecule has 30 heavy (non-hydrogen) atoms. The van der Waals surface area contributed by atoms with Crippen LogP contribution in [0.4, 0.5) is 0 Å². The molecule has 0 radical (unpaired) electrons. The summed E-state index contributed by atoms with van der Waals surface area (Å²) in [6.45, 7) is 5.94.